The first kappa shape index (κ1) is 29.4. The minimum Gasteiger partial charge on any atom is -0.0619 e. The van der Waals surface area contributed by atoms with Gasteiger partial charge in [-0.05, 0) is 132 Å². The van der Waals surface area contributed by atoms with E-state index in [4.69, 9.17) is 0 Å². The highest BCUT2D eigenvalue weighted by molar-refractivity contribution is 6.26. The Morgan fingerprint density at radius 2 is 0.836 bits per heavy atom. The molecule has 0 saturated carbocycles. The molecule has 0 aromatic heterocycles. The van der Waals surface area contributed by atoms with E-state index in [2.05, 4.69) is 194 Å². The zero-order valence-electron chi connectivity index (χ0n) is 30.0. The fourth-order valence-corrected chi connectivity index (χ4v) is 10.9. The number of rotatable bonds is 1. The van der Waals surface area contributed by atoms with Crippen molar-refractivity contribution in [2.45, 2.75) is 5.41 Å². The van der Waals surface area contributed by atoms with E-state index in [1.165, 1.54) is 120 Å². The van der Waals surface area contributed by atoms with E-state index in [0.29, 0.717) is 0 Å². The molecular weight excluding hydrogens is 661 g/mol. The molecule has 0 N–H and O–H groups in total. The lowest BCUT2D eigenvalue weighted by Gasteiger charge is -2.32. The van der Waals surface area contributed by atoms with Crippen LogP contribution >= 0.6 is 0 Å². The lowest BCUT2D eigenvalue weighted by Crippen LogP contribution is -2.26. The maximum absolute atomic E-state index is 2.49. The van der Waals surface area contributed by atoms with Gasteiger partial charge < -0.3 is 0 Å². The molecule has 252 valence electrons. The summed E-state index contributed by atoms with van der Waals surface area (Å²) in [5.41, 5.74) is 13.0. The van der Waals surface area contributed by atoms with Gasteiger partial charge in [-0.3, -0.25) is 0 Å². The number of hydrogen-bond acceptors (Lipinski definition) is 0. The molecule has 0 atom stereocenters. The van der Waals surface area contributed by atoms with Crippen LogP contribution in [0.2, 0.25) is 0 Å². The smallest absolute Gasteiger partial charge is 0.0619 e. The zero-order chi connectivity index (χ0) is 35.8. The van der Waals surface area contributed by atoms with E-state index >= 15 is 0 Å². The van der Waals surface area contributed by atoms with E-state index in [1.807, 2.05) is 0 Å². The minimum absolute atomic E-state index is 0.456. The fraction of sp³-hybridized carbons (Fsp3) is 0.0182. The average Bonchev–Trinajstić information content (AvgIpc) is 3.74. The SMILES string of the molecule is c1ccc2c(c1)-c1ccccc1C21c2ccc3ccccc3c2-c2c1c1ccc(-c3cc4ccc5ccccc5c4c4ccccc34)cc1c1ccccc21. The largest absolute Gasteiger partial charge is 0.0732 e. The Hall–Kier alpha value is -7.02. The molecule has 0 saturated heterocycles. The van der Waals surface area contributed by atoms with Crippen LogP contribution in [0.4, 0.5) is 0 Å². The number of hydrogen-bond donors (Lipinski definition) is 0. The summed E-state index contributed by atoms with van der Waals surface area (Å²) in [5, 5.41) is 15.6. The predicted molar refractivity (Wildman–Crippen MR) is 233 cm³/mol. The first-order chi connectivity index (χ1) is 27.3. The second-order valence-electron chi connectivity index (χ2n) is 15.5. The van der Waals surface area contributed by atoms with Crippen LogP contribution in [0.1, 0.15) is 22.3 Å². The van der Waals surface area contributed by atoms with Gasteiger partial charge in [0.25, 0.3) is 0 Å². The normalized spacial score (nSPS) is 13.6. The van der Waals surface area contributed by atoms with Crippen LogP contribution < -0.4 is 0 Å². The van der Waals surface area contributed by atoms with E-state index < -0.39 is 5.41 Å². The van der Waals surface area contributed by atoms with Gasteiger partial charge >= 0.3 is 0 Å². The third-order valence-electron chi connectivity index (χ3n) is 13.0. The van der Waals surface area contributed by atoms with Crippen molar-refractivity contribution in [3.8, 4) is 33.4 Å². The van der Waals surface area contributed by atoms with Crippen LogP contribution in [0.3, 0.4) is 0 Å². The molecule has 0 unspecified atom stereocenters. The third kappa shape index (κ3) is 3.62. The first-order valence-corrected chi connectivity index (χ1v) is 19.4. The molecule has 55 heavy (non-hydrogen) atoms. The van der Waals surface area contributed by atoms with Crippen molar-refractivity contribution in [2.75, 3.05) is 0 Å². The lowest BCUT2D eigenvalue weighted by atomic mass is 9.69. The molecular formula is C55H32. The molecule has 2 aliphatic rings. The van der Waals surface area contributed by atoms with E-state index in [9.17, 15) is 0 Å². The summed E-state index contributed by atoms with van der Waals surface area (Å²) in [5.74, 6) is 0. The van der Waals surface area contributed by atoms with Gasteiger partial charge in [0, 0.05) is 0 Å². The monoisotopic (exact) mass is 692 g/mol. The van der Waals surface area contributed by atoms with Crippen molar-refractivity contribution >= 4 is 64.6 Å². The second-order valence-corrected chi connectivity index (χ2v) is 15.5. The molecule has 2 aliphatic carbocycles. The first-order valence-electron chi connectivity index (χ1n) is 19.4. The zero-order valence-corrected chi connectivity index (χ0v) is 30.0. The molecule has 11 aromatic carbocycles. The van der Waals surface area contributed by atoms with E-state index in [-0.39, 0.29) is 0 Å². The van der Waals surface area contributed by atoms with Gasteiger partial charge in [0.05, 0.1) is 5.41 Å². The summed E-state index contributed by atoms with van der Waals surface area (Å²) < 4.78 is 0. The highest BCUT2D eigenvalue weighted by atomic mass is 14.5. The molecule has 1 spiro atoms. The van der Waals surface area contributed by atoms with Gasteiger partial charge in [0.1, 0.15) is 0 Å². The number of benzene rings is 11. The Morgan fingerprint density at radius 1 is 0.273 bits per heavy atom. The van der Waals surface area contributed by atoms with Crippen molar-refractivity contribution in [2.24, 2.45) is 0 Å². The Labute approximate surface area is 318 Å². The van der Waals surface area contributed by atoms with Crippen molar-refractivity contribution in [3.05, 3.63) is 216 Å². The van der Waals surface area contributed by atoms with Crippen LogP contribution in [-0.4, -0.2) is 0 Å². The van der Waals surface area contributed by atoms with Crippen molar-refractivity contribution in [1.29, 1.82) is 0 Å². The topological polar surface area (TPSA) is 0 Å². The van der Waals surface area contributed by atoms with Crippen LogP contribution in [-0.2, 0) is 5.41 Å². The molecule has 0 bridgehead atoms. The Balaban J connectivity index is 1.20. The molecule has 0 heterocycles. The summed E-state index contributed by atoms with van der Waals surface area (Å²) >= 11 is 0. The average molecular weight is 693 g/mol. The highest BCUT2D eigenvalue weighted by Crippen LogP contribution is 2.66. The maximum Gasteiger partial charge on any atom is 0.0732 e. The molecule has 0 aliphatic heterocycles. The van der Waals surface area contributed by atoms with Gasteiger partial charge in [-0.25, -0.2) is 0 Å². The van der Waals surface area contributed by atoms with Gasteiger partial charge in [-0.15, -0.1) is 0 Å². The molecule has 0 fully saturated rings. The van der Waals surface area contributed by atoms with Gasteiger partial charge in [-0.2, -0.15) is 0 Å². The van der Waals surface area contributed by atoms with Crippen molar-refractivity contribution in [1.82, 2.24) is 0 Å². The molecule has 0 nitrogen and oxygen atoms in total. The Morgan fingerprint density at radius 3 is 1.60 bits per heavy atom. The van der Waals surface area contributed by atoms with Crippen molar-refractivity contribution < 1.29 is 0 Å². The summed E-state index contributed by atoms with van der Waals surface area (Å²) in [7, 11) is 0. The lowest BCUT2D eigenvalue weighted by molar-refractivity contribution is 0.802. The van der Waals surface area contributed by atoms with Crippen LogP contribution in [0.25, 0.3) is 98.0 Å². The van der Waals surface area contributed by atoms with Crippen LogP contribution in [0.15, 0.2) is 194 Å². The summed E-state index contributed by atoms with van der Waals surface area (Å²) in [6.45, 7) is 0. The highest BCUT2D eigenvalue weighted by Gasteiger charge is 2.53. The Bertz CT molecular complexity index is 3440. The molecule has 11 aromatic rings. The van der Waals surface area contributed by atoms with Crippen molar-refractivity contribution in [3.63, 3.8) is 0 Å². The molecule has 13 rings (SSSR count). The number of fused-ring (bicyclic) bond motifs is 22. The third-order valence-corrected chi connectivity index (χ3v) is 13.0. The fourth-order valence-electron chi connectivity index (χ4n) is 10.9. The quantitative estimate of drug-likeness (QED) is 0.150. The van der Waals surface area contributed by atoms with Crippen LogP contribution in [0.5, 0.6) is 0 Å². The van der Waals surface area contributed by atoms with Gasteiger partial charge in [0.15, 0.2) is 0 Å². The van der Waals surface area contributed by atoms with Gasteiger partial charge in [0.2, 0.25) is 0 Å². The maximum atomic E-state index is 2.49. The molecule has 0 radical (unpaired) electrons. The van der Waals surface area contributed by atoms with E-state index in [1.54, 1.807) is 0 Å². The Kier molecular flexibility index (Phi) is 5.65. The summed E-state index contributed by atoms with van der Waals surface area (Å²) in [6.07, 6.45) is 0. The predicted octanol–water partition coefficient (Wildman–Crippen LogP) is 14.6. The van der Waals surface area contributed by atoms with Gasteiger partial charge in [-0.1, -0.05) is 182 Å². The summed E-state index contributed by atoms with van der Waals surface area (Å²) in [4.78, 5) is 0. The molecule has 0 heteroatoms. The molecule has 0 amide bonds. The standard InChI is InChI=1S/C55H32/c1-3-15-37-33(13-1)25-26-36-32-46(39-17-5-7-21-43(39)51(36)37)35-27-29-45-47(31-35)40-18-6-8-22-44(40)53-52-38-16-4-2-14-34(38)28-30-50(52)55(54(45)53)48-23-11-9-19-41(48)42-20-10-12-24-49(42)55/h1-32H. The second kappa shape index (κ2) is 10.6. The van der Waals surface area contributed by atoms with Crippen LogP contribution in [0, 0.1) is 0 Å². The minimum atomic E-state index is -0.456. The summed E-state index contributed by atoms with van der Waals surface area (Å²) in [6, 6.07) is 73.3. The van der Waals surface area contributed by atoms with E-state index in [0.717, 1.165) is 0 Å².